The molecule has 1 fully saturated rings. The van der Waals surface area contributed by atoms with Crippen LogP contribution in [0.4, 0.5) is 0 Å². The molecule has 2 aliphatic rings. The highest BCUT2D eigenvalue weighted by molar-refractivity contribution is 8.76. The fourth-order valence-corrected chi connectivity index (χ4v) is 4.17. The maximum absolute atomic E-state index is 11.7. The molecule has 1 saturated heterocycles. The first-order valence-corrected chi connectivity index (χ1v) is 8.23. The second kappa shape index (κ2) is 6.29. The molecule has 5 nitrogen and oxygen atoms in total. The standard InChI is InChI=1S/C11H14N2O3S2/c14-9(12-8-4-6-17-18-7-8)3-5-13-10(15)1-2-11(13)16/h1-2,8H,3-7H2,(H,12,14). The van der Waals surface area contributed by atoms with Crippen LogP contribution in [-0.2, 0) is 14.4 Å². The van der Waals surface area contributed by atoms with E-state index in [4.69, 9.17) is 0 Å². The number of hydrogen-bond acceptors (Lipinski definition) is 5. The minimum Gasteiger partial charge on any atom is -0.352 e. The van der Waals surface area contributed by atoms with Crippen LogP contribution in [0, 0.1) is 0 Å². The average Bonchev–Trinajstić information content (AvgIpc) is 2.68. The zero-order valence-electron chi connectivity index (χ0n) is 9.76. The highest BCUT2D eigenvalue weighted by Crippen LogP contribution is 2.29. The smallest absolute Gasteiger partial charge is 0.253 e. The lowest BCUT2D eigenvalue weighted by Crippen LogP contribution is -2.40. The highest BCUT2D eigenvalue weighted by Gasteiger charge is 2.24. The van der Waals surface area contributed by atoms with Crippen LogP contribution in [0.5, 0.6) is 0 Å². The minimum absolute atomic E-state index is 0.0972. The molecule has 0 aliphatic carbocycles. The van der Waals surface area contributed by atoms with Crippen LogP contribution >= 0.6 is 21.6 Å². The molecule has 0 spiro atoms. The van der Waals surface area contributed by atoms with E-state index in [9.17, 15) is 14.4 Å². The van der Waals surface area contributed by atoms with E-state index in [-0.39, 0.29) is 36.7 Å². The van der Waals surface area contributed by atoms with Crippen LogP contribution in [0.25, 0.3) is 0 Å². The summed E-state index contributed by atoms with van der Waals surface area (Å²) in [5.74, 6) is 1.19. The van der Waals surface area contributed by atoms with Gasteiger partial charge in [0, 0.05) is 42.7 Å². The Hall–Kier alpha value is -0.950. The topological polar surface area (TPSA) is 66.5 Å². The van der Waals surface area contributed by atoms with E-state index in [0.717, 1.165) is 22.8 Å². The Balaban J connectivity index is 1.71. The molecule has 0 aromatic heterocycles. The minimum atomic E-state index is -0.336. The summed E-state index contributed by atoms with van der Waals surface area (Å²) in [7, 11) is 3.58. The second-order valence-electron chi connectivity index (χ2n) is 4.07. The molecule has 1 N–H and O–H groups in total. The predicted octanol–water partition coefficient (Wildman–Crippen LogP) is 0.571. The molecule has 2 aliphatic heterocycles. The Kier molecular flexibility index (Phi) is 4.71. The van der Waals surface area contributed by atoms with E-state index < -0.39 is 0 Å². The summed E-state index contributed by atoms with van der Waals surface area (Å²) in [6.45, 7) is 0.158. The van der Waals surface area contributed by atoms with E-state index in [0.29, 0.717) is 0 Å². The third-order valence-corrected chi connectivity index (χ3v) is 5.25. The lowest BCUT2D eigenvalue weighted by molar-refractivity contribution is -0.137. The Labute approximate surface area is 113 Å². The molecular weight excluding hydrogens is 272 g/mol. The van der Waals surface area contributed by atoms with Gasteiger partial charge in [0.05, 0.1) is 0 Å². The van der Waals surface area contributed by atoms with Crippen LogP contribution in [0.2, 0.25) is 0 Å². The van der Waals surface area contributed by atoms with E-state index in [1.54, 1.807) is 10.8 Å². The van der Waals surface area contributed by atoms with Gasteiger partial charge in [-0.3, -0.25) is 19.3 Å². The van der Waals surface area contributed by atoms with Gasteiger partial charge in [0.2, 0.25) is 5.91 Å². The number of carbonyl (C=O) groups is 3. The normalized spacial score (nSPS) is 23.6. The van der Waals surface area contributed by atoms with Crippen molar-refractivity contribution in [3.63, 3.8) is 0 Å². The third-order valence-electron chi connectivity index (χ3n) is 2.73. The Morgan fingerprint density at radius 2 is 2.06 bits per heavy atom. The maximum atomic E-state index is 11.7. The molecule has 0 bridgehead atoms. The molecule has 7 heteroatoms. The first-order valence-electron chi connectivity index (χ1n) is 5.74. The number of nitrogens with zero attached hydrogens (tertiary/aromatic N) is 1. The number of carbonyl (C=O) groups excluding carboxylic acids is 3. The van der Waals surface area contributed by atoms with Crippen molar-refractivity contribution in [3.05, 3.63) is 12.2 Å². The molecule has 2 rings (SSSR count). The van der Waals surface area contributed by atoms with Crippen molar-refractivity contribution in [3.8, 4) is 0 Å². The zero-order valence-corrected chi connectivity index (χ0v) is 11.4. The average molecular weight is 286 g/mol. The maximum Gasteiger partial charge on any atom is 0.253 e. The number of amides is 3. The molecule has 3 amide bonds. The molecule has 0 radical (unpaired) electrons. The van der Waals surface area contributed by atoms with Crippen molar-refractivity contribution in [1.29, 1.82) is 0 Å². The Morgan fingerprint density at radius 1 is 1.33 bits per heavy atom. The van der Waals surface area contributed by atoms with E-state index >= 15 is 0 Å². The van der Waals surface area contributed by atoms with Gasteiger partial charge in [0.25, 0.3) is 11.8 Å². The monoisotopic (exact) mass is 286 g/mol. The van der Waals surface area contributed by atoms with Crippen molar-refractivity contribution in [2.45, 2.75) is 18.9 Å². The van der Waals surface area contributed by atoms with Gasteiger partial charge in [0.1, 0.15) is 0 Å². The summed E-state index contributed by atoms with van der Waals surface area (Å²) >= 11 is 0. The summed E-state index contributed by atoms with van der Waals surface area (Å²) in [6.07, 6.45) is 3.62. The first-order chi connectivity index (χ1) is 8.66. The number of nitrogens with one attached hydrogen (secondary N) is 1. The molecule has 0 saturated carbocycles. The molecule has 18 heavy (non-hydrogen) atoms. The number of imide groups is 1. The van der Waals surface area contributed by atoms with Gasteiger partial charge in [-0.25, -0.2) is 0 Å². The molecule has 1 unspecified atom stereocenters. The predicted molar refractivity (Wildman–Crippen MR) is 71.9 cm³/mol. The summed E-state index contributed by atoms with van der Waals surface area (Å²) in [5, 5.41) is 2.93. The van der Waals surface area contributed by atoms with E-state index in [1.165, 1.54) is 12.2 Å². The molecule has 2 heterocycles. The van der Waals surface area contributed by atoms with E-state index in [1.807, 2.05) is 10.8 Å². The SMILES string of the molecule is O=C(CCN1C(=O)C=CC1=O)NC1CCSSC1. The van der Waals surface area contributed by atoms with Gasteiger partial charge in [-0.05, 0) is 6.42 Å². The van der Waals surface area contributed by atoms with Gasteiger partial charge in [-0.15, -0.1) is 0 Å². The van der Waals surface area contributed by atoms with Crippen LogP contribution in [0.15, 0.2) is 12.2 Å². The molecule has 1 atom stereocenters. The molecular formula is C11H14N2O3S2. The summed E-state index contributed by atoms with van der Waals surface area (Å²) in [6, 6.07) is 0.215. The van der Waals surface area contributed by atoms with E-state index in [2.05, 4.69) is 5.32 Å². The first kappa shape index (κ1) is 13.5. The van der Waals surface area contributed by atoms with Crippen LogP contribution < -0.4 is 5.32 Å². The third kappa shape index (κ3) is 3.52. The van der Waals surface area contributed by atoms with Crippen LogP contribution in [0.3, 0.4) is 0 Å². The Morgan fingerprint density at radius 3 is 2.67 bits per heavy atom. The summed E-state index contributed by atoms with van der Waals surface area (Å²) < 4.78 is 0. The Bertz CT molecular complexity index is 374. The zero-order chi connectivity index (χ0) is 13.0. The quantitative estimate of drug-likeness (QED) is 0.604. The molecule has 0 aromatic carbocycles. The lowest BCUT2D eigenvalue weighted by Gasteiger charge is -2.22. The second-order valence-corrected chi connectivity index (χ2v) is 6.70. The number of rotatable bonds is 4. The highest BCUT2D eigenvalue weighted by atomic mass is 33.1. The van der Waals surface area contributed by atoms with Gasteiger partial charge in [-0.2, -0.15) is 0 Å². The van der Waals surface area contributed by atoms with Crippen molar-refractivity contribution in [2.24, 2.45) is 0 Å². The van der Waals surface area contributed by atoms with Crippen LogP contribution in [-0.4, -0.2) is 46.7 Å². The van der Waals surface area contributed by atoms with Gasteiger partial charge >= 0.3 is 0 Å². The largest absolute Gasteiger partial charge is 0.352 e. The molecule has 0 aromatic rings. The fraction of sp³-hybridized carbons (Fsp3) is 0.545. The lowest BCUT2D eigenvalue weighted by atomic mass is 10.2. The van der Waals surface area contributed by atoms with Crippen molar-refractivity contribution < 1.29 is 14.4 Å². The van der Waals surface area contributed by atoms with Gasteiger partial charge in [0.15, 0.2) is 0 Å². The number of hydrogen-bond donors (Lipinski definition) is 1. The summed E-state index contributed by atoms with van der Waals surface area (Å²) in [5.41, 5.74) is 0. The fourth-order valence-electron chi connectivity index (χ4n) is 1.74. The van der Waals surface area contributed by atoms with Crippen molar-refractivity contribution >= 4 is 39.3 Å². The van der Waals surface area contributed by atoms with Crippen LogP contribution in [0.1, 0.15) is 12.8 Å². The van der Waals surface area contributed by atoms with Gasteiger partial charge < -0.3 is 5.32 Å². The summed E-state index contributed by atoms with van der Waals surface area (Å²) in [4.78, 5) is 35.3. The molecule has 98 valence electrons. The van der Waals surface area contributed by atoms with Gasteiger partial charge in [-0.1, -0.05) is 21.6 Å². The van der Waals surface area contributed by atoms with Crippen molar-refractivity contribution in [1.82, 2.24) is 10.2 Å². The van der Waals surface area contributed by atoms with Crippen molar-refractivity contribution in [2.75, 3.05) is 18.1 Å².